The molecule has 0 bridgehead atoms. The fourth-order valence-corrected chi connectivity index (χ4v) is 5.26. The monoisotopic (exact) mass is 448 g/mol. The summed E-state index contributed by atoms with van der Waals surface area (Å²) in [6, 6.07) is 19.7. The van der Waals surface area contributed by atoms with Crippen molar-refractivity contribution in [2.75, 3.05) is 11.4 Å². The van der Waals surface area contributed by atoms with Gasteiger partial charge in [0.2, 0.25) is 0 Å². The predicted octanol–water partition coefficient (Wildman–Crippen LogP) is 4.80. The van der Waals surface area contributed by atoms with E-state index >= 15 is 0 Å². The van der Waals surface area contributed by atoms with Gasteiger partial charge in [-0.25, -0.2) is 8.42 Å². The molecule has 1 amide bonds. The molecule has 3 aromatic carbocycles. The van der Waals surface area contributed by atoms with Crippen molar-refractivity contribution in [1.82, 2.24) is 5.32 Å². The maximum Gasteiger partial charge on any atom is 0.264 e. The summed E-state index contributed by atoms with van der Waals surface area (Å²) in [5, 5.41) is 3.04. The number of nitrogens with one attached hydrogen (secondary N) is 1. The predicted molar refractivity (Wildman–Crippen MR) is 128 cm³/mol. The van der Waals surface area contributed by atoms with E-state index in [1.165, 1.54) is 28.9 Å². The molecular formula is C26H28N2O3S. The number of rotatable bonds is 6. The number of fused-ring (bicyclic) bond motifs is 1. The molecular weight excluding hydrogens is 420 g/mol. The Morgan fingerprint density at radius 1 is 0.969 bits per heavy atom. The van der Waals surface area contributed by atoms with E-state index in [-0.39, 0.29) is 16.8 Å². The van der Waals surface area contributed by atoms with Crippen molar-refractivity contribution >= 4 is 21.6 Å². The number of carbonyl (C=O) groups is 1. The molecule has 166 valence electrons. The summed E-state index contributed by atoms with van der Waals surface area (Å²) in [5.74, 6) is -0.235. The number of anilines is 1. The van der Waals surface area contributed by atoms with Crippen LogP contribution in [0, 0.1) is 6.92 Å². The Hall–Kier alpha value is -3.12. The number of carbonyl (C=O) groups excluding carboxylic acids is 1. The summed E-state index contributed by atoms with van der Waals surface area (Å²) in [7, 11) is -2.22. The van der Waals surface area contributed by atoms with Crippen molar-refractivity contribution in [3.8, 4) is 0 Å². The smallest absolute Gasteiger partial charge is 0.264 e. The van der Waals surface area contributed by atoms with E-state index in [2.05, 4.69) is 23.5 Å². The van der Waals surface area contributed by atoms with Gasteiger partial charge < -0.3 is 5.32 Å². The van der Waals surface area contributed by atoms with E-state index in [1.54, 1.807) is 48.5 Å². The van der Waals surface area contributed by atoms with Crippen LogP contribution in [0.25, 0.3) is 0 Å². The maximum absolute atomic E-state index is 13.0. The zero-order valence-electron chi connectivity index (χ0n) is 18.6. The Morgan fingerprint density at radius 3 is 2.44 bits per heavy atom. The lowest BCUT2D eigenvalue weighted by atomic mass is 10.0. The lowest BCUT2D eigenvalue weighted by molar-refractivity contribution is 0.0940. The van der Waals surface area contributed by atoms with Crippen molar-refractivity contribution in [3.05, 3.63) is 94.5 Å². The van der Waals surface area contributed by atoms with Gasteiger partial charge in [-0.2, -0.15) is 0 Å². The number of aryl methyl sites for hydroxylation is 3. The van der Waals surface area contributed by atoms with E-state index in [9.17, 15) is 13.2 Å². The highest BCUT2D eigenvalue weighted by Gasteiger charge is 2.22. The van der Waals surface area contributed by atoms with Gasteiger partial charge in [0.15, 0.2) is 0 Å². The average Bonchev–Trinajstić information content (AvgIpc) is 3.27. The number of benzene rings is 3. The number of hydrogen-bond acceptors (Lipinski definition) is 3. The third-order valence-corrected chi connectivity index (χ3v) is 7.92. The van der Waals surface area contributed by atoms with Crippen molar-refractivity contribution in [2.24, 2.45) is 0 Å². The Kier molecular flexibility index (Phi) is 6.07. The highest BCUT2D eigenvalue weighted by molar-refractivity contribution is 7.92. The van der Waals surface area contributed by atoms with Crippen molar-refractivity contribution in [1.29, 1.82) is 0 Å². The first-order valence-electron chi connectivity index (χ1n) is 10.8. The van der Waals surface area contributed by atoms with Gasteiger partial charge in [-0.3, -0.25) is 9.10 Å². The number of amides is 1. The fourth-order valence-electron chi connectivity index (χ4n) is 4.07. The Bertz CT molecular complexity index is 1250. The molecule has 0 fully saturated rings. The molecule has 0 heterocycles. The summed E-state index contributed by atoms with van der Waals surface area (Å²) in [6.45, 7) is 3.87. The van der Waals surface area contributed by atoms with Gasteiger partial charge in [0.1, 0.15) is 0 Å². The van der Waals surface area contributed by atoms with Crippen LogP contribution in [0.5, 0.6) is 0 Å². The standard InChI is InChI=1S/C26H28N2O3S/c1-18-10-14-25(15-11-18)32(30,31)28(3)24-9-5-8-23(17-24)26(29)27-19(2)21-13-12-20-6-4-7-22(20)16-21/h5,8-17,19H,4,6-7H2,1-3H3,(H,27,29). The Morgan fingerprint density at radius 2 is 1.69 bits per heavy atom. The summed E-state index contributed by atoms with van der Waals surface area (Å²) in [5.41, 5.74) is 5.69. The third-order valence-electron chi connectivity index (χ3n) is 6.12. The molecule has 6 heteroatoms. The molecule has 1 unspecified atom stereocenters. The van der Waals surface area contributed by atoms with Gasteiger partial charge in [-0.05, 0) is 80.1 Å². The van der Waals surface area contributed by atoms with Gasteiger partial charge in [0, 0.05) is 12.6 Å². The topological polar surface area (TPSA) is 66.5 Å². The van der Waals surface area contributed by atoms with Crippen LogP contribution in [0.3, 0.4) is 0 Å². The Labute approximate surface area is 190 Å². The zero-order chi connectivity index (χ0) is 22.9. The number of sulfonamides is 1. The minimum absolute atomic E-state index is 0.147. The average molecular weight is 449 g/mol. The highest BCUT2D eigenvalue weighted by atomic mass is 32.2. The quantitative estimate of drug-likeness (QED) is 0.589. The molecule has 0 saturated carbocycles. The van der Waals surface area contributed by atoms with Gasteiger partial charge in [0.05, 0.1) is 16.6 Å². The number of nitrogens with zero attached hydrogens (tertiary/aromatic N) is 1. The van der Waals surface area contributed by atoms with E-state index < -0.39 is 10.0 Å². The molecule has 0 spiro atoms. The first-order chi connectivity index (χ1) is 15.3. The lowest BCUT2D eigenvalue weighted by Gasteiger charge is -2.21. The zero-order valence-corrected chi connectivity index (χ0v) is 19.4. The normalized spacial score (nSPS) is 14.0. The molecule has 0 aromatic heterocycles. The molecule has 3 aromatic rings. The van der Waals surface area contributed by atoms with Crippen LogP contribution in [0.15, 0.2) is 71.6 Å². The highest BCUT2D eigenvalue weighted by Crippen LogP contribution is 2.26. The molecule has 1 aliphatic carbocycles. The molecule has 1 aliphatic rings. The van der Waals surface area contributed by atoms with E-state index in [0.717, 1.165) is 24.0 Å². The van der Waals surface area contributed by atoms with Gasteiger partial charge >= 0.3 is 0 Å². The fraction of sp³-hybridized carbons (Fsp3) is 0.269. The molecule has 1 N–H and O–H groups in total. The molecule has 0 aliphatic heterocycles. The van der Waals surface area contributed by atoms with E-state index in [1.807, 2.05) is 13.8 Å². The molecule has 4 rings (SSSR count). The second-order valence-corrected chi connectivity index (χ2v) is 10.4. The largest absolute Gasteiger partial charge is 0.346 e. The first kappa shape index (κ1) is 22.1. The summed E-state index contributed by atoms with van der Waals surface area (Å²) in [6.07, 6.45) is 3.40. The second kappa shape index (κ2) is 8.79. The summed E-state index contributed by atoms with van der Waals surface area (Å²) >= 11 is 0. The number of hydrogen-bond donors (Lipinski definition) is 1. The van der Waals surface area contributed by atoms with Crippen molar-refractivity contribution < 1.29 is 13.2 Å². The van der Waals surface area contributed by atoms with Crippen LogP contribution < -0.4 is 9.62 Å². The molecule has 5 nitrogen and oxygen atoms in total. The van der Waals surface area contributed by atoms with Crippen LogP contribution in [0.1, 0.15) is 52.0 Å². The SMILES string of the molecule is Cc1ccc(S(=O)(=O)N(C)c2cccc(C(=O)NC(C)c3ccc4c(c3)CCC4)c2)cc1. The van der Waals surface area contributed by atoms with Crippen molar-refractivity contribution in [2.45, 2.75) is 44.0 Å². The Balaban J connectivity index is 1.51. The van der Waals surface area contributed by atoms with E-state index in [4.69, 9.17) is 0 Å². The van der Waals surface area contributed by atoms with Gasteiger partial charge in [0.25, 0.3) is 15.9 Å². The summed E-state index contributed by atoms with van der Waals surface area (Å²) in [4.78, 5) is 13.1. The molecule has 1 atom stereocenters. The lowest BCUT2D eigenvalue weighted by Crippen LogP contribution is -2.28. The minimum atomic E-state index is -3.72. The minimum Gasteiger partial charge on any atom is -0.346 e. The second-order valence-electron chi connectivity index (χ2n) is 8.41. The van der Waals surface area contributed by atoms with Crippen LogP contribution in [0.4, 0.5) is 5.69 Å². The molecule has 0 radical (unpaired) electrons. The van der Waals surface area contributed by atoms with E-state index in [0.29, 0.717) is 11.3 Å². The molecule has 32 heavy (non-hydrogen) atoms. The third kappa shape index (κ3) is 4.41. The molecule has 0 saturated heterocycles. The van der Waals surface area contributed by atoms with Gasteiger partial charge in [-0.1, -0.05) is 42.0 Å². The van der Waals surface area contributed by atoms with Crippen LogP contribution in [0.2, 0.25) is 0 Å². The maximum atomic E-state index is 13.0. The summed E-state index contributed by atoms with van der Waals surface area (Å²) < 4.78 is 27.2. The van der Waals surface area contributed by atoms with Gasteiger partial charge in [-0.15, -0.1) is 0 Å². The first-order valence-corrected chi connectivity index (χ1v) is 12.3. The van der Waals surface area contributed by atoms with Crippen molar-refractivity contribution in [3.63, 3.8) is 0 Å². The van der Waals surface area contributed by atoms with Crippen LogP contribution in [-0.2, 0) is 22.9 Å². The van der Waals surface area contributed by atoms with Crippen LogP contribution >= 0.6 is 0 Å². The van der Waals surface area contributed by atoms with Crippen LogP contribution in [-0.4, -0.2) is 21.4 Å².